The first-order valence-electron chi connectivity index (χ1n) is 16.2. The van der Waals surface area contributed by atoms with E-state index in [9.17, 15) is 24.0 Å². The number of carbonyl (C=O) groups is 5. The summed E-state index contributed by atoms with van der Waals surface area (Å²) in [5.41, 5.74) is 12.6. The van der Waals surface area contributed by atoms with Gasteiger partial charge in [-0.2, -0.15) is 0 Å². The summed E-state index contributed by atoms with van der Waals surface area (Å²) in [6.07, 6.45) is -0.624. The molecule has 0 spiro atoms. The number of ketones is 1. The number of nitrogens with one attached hydrogen (secondary N) is 1. The lowest BCUT2D eigenvalue weighted by molar-refractivity contribution is -0.176. The predicted octanol–water partition coefficient (Wildman–Crippen LogP) is 4.68. The Hall–Kier alpha value is -5.84. The van der Waals surface area contributed by atoms with E-state index >= 15 is 0 Å². The van der Waals surface area contributed by atoms with E-state index in [4.69, 9.17) is 23.7 Å². The number of cyclic esters (lactones) is 2. The van der Waals surface area contributed by atoms with Gasteiger partial charge in [-0.3, -0.25) is 19.2 Å². The van der Waals surface area contributed by atoms with Crippen LogP contribution < -0.4 is 14.8 Å². The molecule has 0 unspecified atom stereocenters. The maximum Gasteiger partial charge on any atom is 0.332 e. The third-order valence-corrected chi connectivity index (χ3v) is 7.31. The van der Waals surface area contributed by atoms with Crippen molar-refractivity contribution in [3.63, 3.8) is 0 Å². The van der Waals surface area contributed by atoms with Crippen LogP contribution in [-0.4, -0.2) is 73.2 Å². The van der Waals surface area contributed by atoms with Crippen molar-refractivity contribution >= 4 is 29.6 Å². The number of Topliss-reactive ketones (excluding diaryl/α,β-unsaturated/α-hetero) is 1. The Balaban J connectivity index is 0.00000116. The van der Waals surface area contributed by atoms with Gasteiger partial charge in [0.05, 0.1) is 19.6 Å². The van der Waals surface area contributed by atoms with Crippen LogP contribution in [0.5, 0.6) is 11.5 Å². The standard InChI is InChI=1S/C32H40N2O10.C7H4/c1-18(2)24(35)13-15-41-28-25(40-6)12-14-33-26(28)29(36)34-23-17-42-31(38)22(16-21-10-8-7-9-11-21)27(20(5)43-32(23)39)44-30(37)19(3)4;1-3-5-7-6-4-2/h7-12,14,18-20,22-23,27H,13,15-17H2,1-6H3,(H,34,36);1-2H2/t20-,22+,23-,27-;/m0./s1/i;1+1,3+1,4+1,5+1,6+1,7+1. The number of benzene rings is 1. The Morgan fingerprint density at radius 1 is 0.980 bits per heavy atom. The van der Waals surface area contributed by atoms with Crippen molar-refractivity contribution in [2.75, 3.05) is 20.3 Å². The van der Waals surface area contributed by atoms with E-state index in [1.54, 1.807) is 27.7 Å². The molecule has 1 saturated heterocycles. The number of amides is 1. The molecular weight excluding hydrogens is 662 g/mol. The molecule has 270 valence electrons. The van der Waals surface area contributed by atoms with Crippen molar-refractivity contribution in [2.45, 2.75) is 65.7 Å². The molecule has 51 heavy (non-hydrogen) atoms. The minimum Gasteiger partial charge on any atom is -0.493 e. The maximum absolute atomic E-state index is 13.4. The maximum atomic E-state index is 13.4. The molecule has 1 aliphatic rings. The molecule has 1 aromatic carbocycles. The molecule has 3 rings (SSSR count). The third kappa shape index (κ3) is 13.2. The monoisotopic (exact) mass is 706 g/mol. The first kappa shape index (κ1) is 41.3. The molecule has 1 fully saturated rings. The summed E-state index contributed by atoms with van der Waals surface area (Å²) in [5.74, 6) is -4.55. The quantitative estimate of drug-likeness (QED) is 0.142. The van der Waals surface area contributed by atoms with Crippen LogP contribution in [0.3, 0.4) is 0 Å². The van der Waals surface area contributed by atoms with Crippen molar-refractivity contribution in [1.82, 2.24) is 10.3 Å². The predicted molar refractivity (Wildman–Crippen MR) is 186 cm³/mol. The van der Waals surface area contributed by atoms with E-state index in [0.29, 0.717) is 0 Å². The highest BCUT2D eigenvalue weighted by atomic mass is 16.6. The molecule has 12 nitrogen and oxygen atoms in total. The molecule has 0 aliphatic carbocycles. The second-order valence-electron chi connectivity index (χ2n) is 11.8. The molecule has 0 bridgehead atoms. The number of carbonyl (C=O) groups excluding carboxylic acids is 5. The van der Waals surface area contributed by atoms with Gasteiger partial charge in [0, 0.05) is 24.6 Å². The fraction of sp³-hybridized carbons (Fsp3) is 0.410. The molecular formula is C39H44N2O10. The molecule has 1 amide bonds. The lowest BCUT2D eigenvalue weighted by Gasteiger charge is -2.29. The van der Waals surface area contributed by atoms with Crippen LogP contribution in [0.4, 0.5) is 0 Å². The number of rotatable bonds is 12. The van der Waals surface area contributed by atoms with Crippen LogP contribution in [-0.2, 0) is 39.8 Å². The molecule has 0 radical (unpaired) electrons. The Labute approximate surface area is 298 Å². The van der Waals surface area contributed by atoms with E-state index in [2.05, 4.69) is 52.1 Å². The number of pyridine rings is 1. The highest BCUT2D eigenvalue weighted by molar-refractivity contribution is 5.98. The van der Waals surface area contributed by atoms with Crippen molar-refractivity contribution in [3.05, 3.63) is 95.7 Å². The number of ether oxygens (including phenoxy) is 5. The summed E-state index contributed by atoms with van der Waals surface area (Å²) in [7, 11) is 1.38. The van der Waals surface area contributed by atoms with Gasteiger partial charge in [0.1, 0.15) is 24.4 Å². The topological polar surface area (TPSA) is 156 Å². The van der Waals surface area contributed by atoms with Gasteiger partial charge < -0.3 is 29.0 Å². The van der Waals surface area contributed by atoms with Crippen LogP contribution in [0.2, 0.25) is 0 Å². The second kappa shape index (κ2) is 21.3. The number of nitrogens with zero attached hydrogens (tertiary/aromatic N) is 1. The van der Waals surface area contributed by atoms with E-state index in [1.807, 2.05) is 30.3 Å². The average Bonchev–Trinajstić information content (AvgIpc) is 3.14. The van der Waals surface area contributed by atoms with E-state index in [1.165, 1.54) is 26.3 Å². The summed E-state index contributed by atoms with van der Waals surface area (Å²) in [6.45, 7) is 14.3. The van der Waals surface area contributed by atoms with Gasteiger partial charge in [-0.25, -0.2) is 9.78 Å². The SMILES string of the molecule is C=[13C]=[13C]=[13C]=[13C]=[13C]=[13CH2].COc1ccnc(C(=O)N[C@H]2COC(=O)[C@H](Cc3ccccc3)[C@@H](OC(=O)C(C)C)[C@H](C)OC2=O)c1OCCC(=O)C(C)C. The summed E-state index contributed by atoms with van der Waals surface area (Å²) in [4.78, 5) is 68.9. The molecule has 2 heterocycles. The fourth-order valence-corrected chi connectivity index (χ4v) is 4.53. The summed E-state index contributed by atoms with van der Waals surface area (Å²) in [6, 6.07) is 9.16. The van der Waals surface area contributed by atoms with Crippen LogP contribution in [0.25, 0.3) is 0 Å². The van der Waals surface area contributed by atoms with Crippen molar-refractivity contribution in [3.8, 4) is 11.5 Å². The number of hydrogen-bond acceptors (Lipinski definition) is 11. The van der Waals surface area contributed by atoms with Crippen LogP contribution >= 0.6 is 0 Å². The lowest BCUT2D eigenvalue weighted by atomic mass is 9.91. The largest absolute Gasteiger partial charge is 0.493 e. The minimum absolute atomic E-state index is 0.0190. The van der Waals surface area contributed by atoms with Gasteiger partial charge in [0.15, 0.2) is 29.3 Å². The van der Waals surface area contributed by atoms with Crippen molar-refractivity contribution < 1.29 is 47.7 Å². The van der Waals surface area contributed by atoms with Gasteiger partial charge in [-0.05, 0) is 49.3 Å². The zero-order chi connectivity index (χ0) is 37.9. The van der Waals surface area contributed by atoms with Gasteiger partial charge in [0.2, 0.25) is 0 Å². The summed E-state index contributed by atoms with van der Waals surface area (Å²) >= 11 is 0. The van der Waals surface area contributed by atoms with Crippen molar-refractivity contribution in [1.29, 1.82) is 0 Å². The number of hydrogen-bond donors (Lipinski definition) is 1. The third-order valence-electron chi connectivity index (χ3n) is 7.31. The van der Waals surface area contributed by atoms with Crippen molar-refractivity contribution in [2.24, 2.45) is 17.8 Å². The number of methoxy groups -OCH3 is 1. The zero-order valence-corrected chi connectivity index (χ0v) is 29.8. The number of aromatic nitrogens is 1. The highest BCUT2D eigenvalue weighted by Crippen LogP contribution is 2.30. The van der Waals surface area contributed by atoms with Crippen LogP contribution in [0.1, 0.15) is 57.1 Å². The number of esters is 3. The highest BCUT2D eigenvalue weighted by Gasteiger charge is 2.42. The normalized spacial score (nSPS) is 18.1. The summed E-state index contributed by atoms with van der Waals surface area (Å²) in [5, 5.41) is 2.51. The molecule has 2 aromatic rings. The molecule has 0 saturated carbocycles. The molecule has 1 aliphatic heterocycles. The summed E-state index contributed by atoms with van der Waals surface area (Å²) < 4.78 is 27.9. The van der Waals surface area contributed by atoms with Crippen LogP contribution in [0.15, 0.2) is 84.4 Å². The molecule has 4 atom stereocenters. The fourth-order valence-electron chi connectivity index (χ4n) is 4.53. The zero-order valence-electron chi connectivity index (χ0n) is 29.8. The Bertz CT molecular complexity index is 1700. The lowest BCUT2D eigenvalue weighted by Crippen LogP contribution is -2.47. The van der Waals surface area contributed by atoms with E-state index in [-0.39, 0.29) is 48.3 Å². The van der Waals surface area contributed by atoms with E-state index < -0.39 is 60.5 Å². The first-order chi connectivity index (χ1) is 24.3. The Morgan fingerprint density at radius 2 is 1.65 bits per heavy atom. The van der Waals surface area contributed by atoms with E-state index in [0.717, 1.165) is 5.56 Å². The van der Waals surface area contributed by atoms with Crippen LogP contribution in [0, 0.1) is 17.8 Å². The van der Waals surface area contributed by atoms with Gasteiger partial charge >= 0.3 is 17.9 Å². The van der Waals surface area contributed by atoms with Gasteiger partial charge in [-0.15, -0.1) is 0 Å². The average molecular weight is 707 g/mol. The Morgan fingerprint density at radius 3 is 2.24 bits per heavy atom. The first-order valence-corrected chi connectivity index (χ1v) is 16.2. The molecule has 1 aromatic heterocycles. The van der Waals surface area contributed by atoms with Gasteiger partial charge in [0.25, 0.3) is 5.91 Å². The molecule has 1 N–H and O–H groups in total. The van der Waals surface area contributed by atoms with Gasteiger partial charge in [-0.1, -0.05) is 69.5 Å². The minimum atomic E-state index is -1.42. The smallest absolute Gasteiger partial charge is 0.332 e. The Kier molecular flexibility index (Phi) is 17.3. The molecule has 12 heteroatoms. The second-order valence-corrected chi connectivity index (χ2v) is 11.8.